The molecule has 1 N–H and O–H groups in total. The molecule has 0 radical (unpaired) electrons. The van der Waals surface area contributed by atoms with Crippen LogP contribution in [0.15, 0.2) is 21.6 Å². The van der Waals surface area contributed by atoms with E-state index in [4.69, 9.17) is 19.2 Å². The molecule has 0 aromatic heterocycles. The van der Waals surface area contributed by atoms with Crippen LogP contribution < -0.4 is 14.8 Å². The zero-order valence-electron chi connectivity index (χ0n) is 16.5. The molecule has 0 bridgehead atoms. The molecule has 2 rings (SSSR count). The summed E-state index contributed by atoms with van der Waals surface area (Å²) in [5, 5.41) is 3.31. The van der Waals surface area contributed by atoms with Gasteiger partial charge in [0, 0.05) is 19.6 Å². The molecular formula is C19H28BrN3O4. The Morgan fingerprint density at radius 3 is 2.63 bits per heavy atom. The zero-order chi connectivity index (χ0) is 20.0. The van der Waals surface area contributed by atoms with Crippen molar-refractivity contribution in [3.63, 3.8) is 0 Å². The highest BCUT2D eigenvalue weighted by molar-refractivity contribution is 9.10. The Bertz CT molecular complexity index is 696. The van der Waals surface area contributed by atoms with Crippen molar-refractivity contribution in [2.45, 2.75) is 20.4 Å². The van der Waals surface area contributed by atoms with Gasteiger partial charge in [0.25, 0.3) is 0 Å². The van der Waals surface area contributed by atoms with Gasteiger partial charge in [0.05, 0.1) is 38.3 Å². The first kappa shape index (κ1) is 21.3. The second kappa shape index (κ2) is 9.82. The highest BCUT2D eigenvalue weighted by Crippen LogP contribution is 2.36. The van der Waals surface area contributed by atoms with E-state index in [1.54, 1.807) is 14.2 Å². The van der Waals surface area contributed by atoms with E-state index in [0.29, 0.717) is 24.6 Å². The average molecular weight is 442 g/mol. The fourth-order valence-corrected chi connectivity index (χ4v) is 3.90. The molecule has 0 amide bonds. The van der Waals surface area contributed by atoms with E-state index in [0.717, 1.165) is 29.1 Å². The summed E-state index contributed by atoms with van der Waals surface area (Å²) in [7, 11) is 4.65. The third-order valence-electron chi connectivity index (χ3n) is 4.66. The van der Waals surface area contributed by atoms with Crippen molar-refractivity contribution in [3.8, 4) is 11.5 Å². The van der Waals surface area contributed by atoms with E-state index in [9.17, 15) is 4.79 Å². The number of carbonyl (C=O) groups is 1. The van der Waals surface area contributed by atoms with Crippen LogP contribution in [0.1, 0.15) is 19.4 Å². The van der Waals surface area contributed by atoms with Crippen molar-refractivity contribution < 1.29 is 19.0 Å². The minimum Gasteiger partial charge on any atom is -0.493 e. The number of halogens is 1. The number of benzene rings is 1. The normalized spacial score (nSPS) is 19.8. The summed E-state index contributed by atoms with van der Waals surface area (Å²) >= 11 is 3.51. The molecule has 1 aromatic carbocycles. The second-order valence-electron chi connectivity index (χ2n) is 6.50. The molecule has 0 aliphatic carbocycles. The Morgan fingerprint density at radius 1 is 1.30 bits per heavy atom. The molecule has 2 atom stereocenters. The van der Waals surface area contributed by atoms with Gasteiger partial charge in [-0.3, -0.25) is 4.79 Å². The lowest BCUT2D eigenvalue weighted by atomic mass is 9.99. The SMILES string of the molecule is CCNC(=NCc1cc(Br)c(OC)c(OC)c1)N1CC(C)C(C(=O)OC)C1. The van der Waals surface area contributed by atoms with E-state index in [-0.39, 0.29) is 17.8 Å². The molecule has 7 nitrogen and oxygen atoms in total. The van der Waals surface area contributed by atoms with Crippen molar-refractivity contribution in [2.75, 3.05) is 41.0 Å². The lowest BCUT2D eigenvalue weighted by Crippen LogP contribution is -2.40. The molecular weight excluding hydrogens is 414 g/mol. The van der Waals surface area contributed by atoms with Crippen LogP contribution in [0.5, 0.6) is 11.5 Å². The topological polar surface area (TPSA) is 72.4 Å². The Morgan fingerprint density at radius 2 is 2.04 bits per heavy atom. The minimum atomic E-state index is -0.162. The third-order valence-corrected chi connectivity index (χ3v) is 5.24. The largest absolute Gasteiger partial charge is 0.493 e. The van der Waals surface area contributed by atoms with Crippen LogP contribution in [0.3, 0.4) is 0 Å². The maximum Gasteiger partial charge on any atom is 0.310 e. The lowest BCUT2D eigenvalue weighted by Gasteiger charge is -2.21. The van der Waals surface area contributed by atoms with Crippen LogP contribution in [0.4, 0.5) is 0 Å². The Balaban J connectivity index is 2.19. The van der Waals surface area contributed by atoms with Gasteiger partial charge in [0.2, 0.25) is 0 Å². The maximum atomic E-state index is 12.0. The van der Waals surface area contributed by atoms with E-state index in [1.165, 1.54) is 7.11 Å². The second-order valence-corrected chi connectivity index (χ2v) is 7.35. The molecule has 150 valence electrons. The molecule has 0 saturated carbocycles. The number of rotatable bonds is 6. The number of guanidine groups is 1. The van der Waals surface area contributed by atoms with Gasteiger partial charge >= 0.3 is 5.97 Å². The van der Waals surface area contributed by atoms with E-state index in [2.05, 4.69) is 33.1 Å². The molecule has 27 heavy (non-hydrogen) atoms. The van der Waals surface area contributed by atoms with Crippen molar-refractivity contribution in [3.05, 3.63) is 22.2 Å². The standard InChI is InChI=1S/C19H28BrN3O4/c1-6-21-19(23-10-12(2)14(11-23)18(24)27-5)22-9-13-7-15(20)17(26-4)16(8-13)25-3/h7-8,12,14H,6,9-11H2,1-5H3,(H,21,22). The number of nitrogens with one attached hydrogen (secondary N) is 1. The van der Waals surface area contributed by atoms with Crippen LogP contribution in [-0.2, 0) is 16.1 Å². The first-order chi connectivity index (χ1) is 12.9. The van der Waals surface area contributed by atoms with Gasteiger partial charge in [-0.2, -0.15) is 0 Å². The monoisotopic (exact) mass is 441 g/mol. The van der Waals surface area contributed by atoms with E-state index < -0.39 is 0 Å². The molecule has 8 heteroatoms. The number of ether oxygens (including phenoxy) is 3. The van der Waals surface area contributed by atoms with Gasteiger partial charge in [-0.1, -0.05) is 6.92 Å². The fourth-order valence-electron chi connectivity index (χ4n) is 3.25. The first-order valence-electron chi connectivity index (χ1n) is 8.96. The molecule has 1 saturated heterocycles. The summed E-state index contributed by atoms with van der Waals surface area (Å²) < 4.78 is 16.5. The maximum absolute atomic E-state index is 12.0. The zero-order valence-corrected chi connectivity index (χ0v) is 18.1. The van der Waals surface area contributed by atoms with Gasteiger partial charge in [-0.25, -0.2) is 4.99 Å². The molecule has 1 heterocycles. The average Bonchev–Trinajstić information content (AvgIpc) is 3.05. The van der Waals surface area contributed by atoms with Crippen LogP contribution in [0.25, 0.3) is 0 Å². The summed E-state index contributed by atoms with van der Waals surface area (Å²) in [6.07, 6.45) is 0. The first-order valence-corrected chi connectivity index (χ1v) is 9.75. The Labute approximate surface area is 169 Å². The summed E-state index contributed by atoms with van der Waals surface area (Å²) in [5.74, 6) is 2.03. The number of hydrogen-bond acceptors (Lipinski definition) is 5. The number of esters is 1. The molecule has 1 aromatic rings. The van der Waals surface area contributed by atoms with Crippen LogP contribution in [-0.4, -0.2) is 57.8 Å². The van der Waals surface area contributed by atoms with E-state index >= 15 is 0 Å². The Hall–Kier alpha value is -1.96. The van der Waals surface area contributed by atoms with Crippen molar-refractivity contribution in [1.29, 1.82) is 0 Å². The molecule has 1 aliphatic rings. The number of likely N-dealkylation sites (tertiary alicyclic amines) is 1. The van der Waals surface area contributed by atoms with Crippen molar-refractivity contribution in [1.82, 2.24) is 10.2 Å². The molecule has 1 aliphatic heterocycles. The number of methoxy groups -OCH3 is 3. The predicted octanol–water partition coefficient (Wildman–Crippen LogP) is 2.67. The van der Waals surface area contributed by atoms with Crippen molar-refractivity contribution >= 4 is 27.9 Å². The quantitative estimate of drug-likeness (QED) is 0.415. The number of carbonyl (C=O) groups excluding carboxylic acids is 1. The van der Waals surface area contributed by atoms with Crippen LogP contribution >= 0.6 is 15.9 Å². The summed E-state index contributed by atoms with van der Waals surface area (Å²) in [6.45, 7) is 6.70. The van der Waals surface area contributed by atoms with Gasteiger partial charge in [0.1, 0.15) is 0 Å². The third kappa shape index (κ3) is 5.06. The van der Waals surface area contributed by atoms with Gasteiger partial charge in [-0.15, -0.1) is 0 Å². The molecule has 1 fully saturated rings. The minimum absolute atomic E-state index is 0.130. The highest BCUT2D eigenvalue weighted by atomic mass is 79.9. The van der Waals surface area contributed by atoms with Gasteiger partial charge in [0.15, 0.2) is 17.5 Å². The number of hydrogen-bond donors (Lipinski definition) is 1. The predicted molar refractivity (Wildman–Crippen MR) is 108 cm³/mol. The van der Waals surface area contributed by atoms with Crippen LogP contribution in [0, 0.1) is 11.8 Å². The number of aliphatic imine (C=N–C) groups is 1. The summed E-state index contributed by atoms with van der Waals surface area (Å²) in [5.41, 5.74) is 0.992. The lowest BCUT2D eigenvalue weighted by molar-refractivity contribution is -0.145. The van der Waals surface area contributed by atoms with Gasteiger partial charge in [-0.05, 0) is 46.5 Å². The van der Waals surface area contributed by atoms with Gasteiger partial charge < -0.3 is 24.4 Å². The smallest absolute Gasteiger partial charge is 0.310 e. The summed E-state index contributed by atoms with van der Waals surface area (Å²) in [4.78, 5) is 18.8. The molecule has 0 spiro atoms. The summed E-state index contributed by atoms with van der Waals surface area (Å²) in [6, 6.07) is 3.89. The van der Waals surface area contributed by atoms with Crippen molar-refractivity contribution in [2.24, 2.45) is 16.8 Å². The van der Waals surface area contributed by atoms with Crippen LogP contribution in [0.2, 0.25) is 0 Å². The van der Waals surface area contributed by atoms with E-state index in [1.807, 2.05) is 19.1 Å². The number of nitrogens with zero attached hydrogens (tertiary/aromatic N) is 2. The fraction of sp³-hybridized carbons (Fsp3) is 0.579. The highest BCUT2D eigenvalue weighted by Gasteiger charge is 2.36. The molecule has 2 unspecified atom stereocenters. The Kier molecular flexibility index (Phi) is 7.77.